The van der Waals surface area contributed by atoms with E-state index in [1.165, 1.54) is 19.3 Å². The maximum Gasteiger partial charge on any atom is 0.323 e. The van der Waals surface area contributed by atoms with Crippen LogP contribution < -0.4 is 9.47 Å². The Labute approximate surface area is 158 Å². The first-order chi connectivity index (χ1) is 13.2. The molecular weight excluding hydrogens is 342 g/mol. The lowest BCUT2D eigenvalue weighted by molar-refractivity contribution is 0.140. The Bertz CT molecular complexity index is 916. The van der Waals surface area contributed by atoms with Gasteiger partial charge in [-0.1, -0.05) is 31.0 Å². The van der Waals surface area contributed by atoms with Crippen molar-refractivity contribution in [2.75, 3.05) is 6.61 Å². The minimum atomic E-state index is 0.161. The van der Waals surface area contributed by atoms with Crippen LogP contribution in [0.1, 0.15) is 51.0 Å². The molecule has 142 valence electrons. The molecule has 2 aromatic heterocycles. The summed E-state index contributed by atoms with van der Waals surface area (Å²) in [5, 5.41) is 0. The topological polar surface area (TPSA) is 70.3 Å². The summed E-state index contributed by atoms with van der Waals surface area (Å²) in [6.45, 7) is 4.65. The van der Waals surface area contributed by atoms with Gasteiger partial charge in [0.2, 0.25) is 5.89 Å². The Morgan fingerprint density at radius 3 is 2.74 bits per heavy atom. The van der Waals surface area contributed by atoms with Gasteiger partial charge in [-0.25, -0.2) is 4.98 Å². The van der Waals surface area contributed by atoms with Crippen LogP contribution in [-0.4, -0.2) is 27.7 Å². The summed E-state index contributed by atoms with van der Waals surface area (Å²) in [5.74, 6) is 0.939. The quantitative estimate of drug-likeness (QED) is 0.604. The van der Waals surface area contributed by atoms with Gasteiger partial charge in [-0.15, -0.1) is 0 Å². The van der Waals surface area contributed by atoms with Gasteiger partial charge >= 0.3 is 6.01 Å². The van der Waals surface area contributed by atoms with E-state index in [-0.39, 0.29) is 6.10 Å². The molecule has 6 heteroatoms. The van der Waals surface area contributed by atoms with Gasteiger partial charge in [-0.05, 0) is 51.2 Å². The number of aryl methyl sites for hydroxylation is 1. The van der Waals surface area contributed by atoms with Crippen molar-refractivity contribution < 1.29 is 13.9 Å². The fraction of sp³-hybridized carbons (Fsp3) is 0.476. The molecule has 2 heterocycles. The molecule has 1 fully saturated rings. The zero-order chi connectivity index (χ0) is 18.6. The van der Waals surface area contributed by atoms with Crippen molar-refractivity contribution in [3.05, 3.63) is 29.8 Å². The fourth-order valence-corrected chi connectivity index (χ4v) is 3.36. The molecular formula is C21H25N3O3. The number of hydrogen-bond acceptors (Lipinski definition) is 6. The predicted octanol–water partition coefficient (Wildman–Crippen LogP) is 5.09. The average molecular weight is 367 g/mol. The molecule has 0 radical (unpaired) electrons. The number of benzene rings is 1. The zero-order valence-corrected chi connectivity index (χ0v) is 15.9. The maximum absolute atomic E-state index is 6.03. The van der Waals surface area contributed by atoms with Crippen LogP contribution in [0.4, 0.5) is 0 Å². The highest BCUT2D eigenvalue weighted by atomic mass is 16.5. The first-order valence-electron chi connectivity index (χ1n) is 9.78. The van der Waals surface area contributed by atoms with E-state index in [0.717, 1.165) is 30.4 Å². The molecule has 0 aliphatic heterocycles. The Balaban J connectivity index is 1.70. The van der Waals surface area contributed by atoms with Crippen LogP contribution in [0.25, 0.3) is 22.7 Å². The molecule has 1 aliphatic rings. The fourth-order valence-electron chi connectivity index (χ4n) is 3.36. The van der Waals surface area contributed by atoms with Crippen molar-refractivity contribution in [3.8, 4) is 23.3 Å². The van der Waals surface area contributed by atoms with Crippen LogP contribution in [0.2, 0.25) is 0 Å². The van der Waals surface area contributed by atoms with Crippen molar-refractivity contribution in [2.24, 2.45) is 0 Å². The van der Waals surface area contributed by atoms with Crippen LogP contribution in [-0.2, 0) is 0 Å². The van der Waals surface area contributed by atoms with E-state index < -0.39 is 0 Å². The number of nitrogens with zero attached hydrogens (tertiary/aromatic N) is 3. The summed E-state index contributed by atoms with van der Waals surface area (Å²) in [7, 11) is 0. The predicted molar refractivity (Wildman–Crippen MR) is 103 cm³/mol. The lowest BCUT2D eigenvalue weighted by atomic mass is 9.98. The maximum atomic E-state index is 6.03. The summed E-state index contributed by atoms with van der Waals surface area (Å²) >= 11 is 0. The second-order valence-corrected chi connectivity index (χ2v) is 7.08. The molecule has 1 aromatic carbocycles. The van der Waals surface area contributed by atoms with Crippen LogP contribution in [0.3, 0.4) is 0 Å². The molecule has 0 amide bonds. The van der Waals surface area contributed by atoms with Gasteiger partial charge in [-0.2, -0.15) is 9.97 Å². The molecule has 1 saturated carbocycles. The molecule has 0 bridgehead atoms. The van der Waals surface area contributed by atoms with Gasteiger partial charge in [0.1, 0.15) is 6.10 Å². The molecule has 1 aliphatic carbocycles. The molecule has 3 aromatic rings. The number of aromatic nitrogens is 3. The van der Waals surface area contributed by atoms with E-state index in [4.69, 9.17) is 13.9 Å². The van der Waals surface area contributed by atoms with E-state index >= 15 is 0 Å². The third-order valence-corrected chi connectivity index (χ3v) is 4.74. The van der Waals surface area contributed by atoms with Crippen LogP contribution in [0.5, 0.6) is 11.9 Å². The summed E-state index contributed by atoms with van der Waals surface area (Å²) in [6.07, 6.45) is 6.76. The van der Waals surface area contributed by atoms with E-state index in [9.17, 15) is 0 Å². The third kappa shape index (κ3) is 4.04. The highest BCUT2D eigenvalue weighted by Crippen LogP contribution is 2.31. The zero-order valence-electron chi connectivity index (χ0n) is 15.9. The Hall–Kier alpha value is -2.63. The SMILES string of the molecule is CCCOc1nc(OC2CCCCC2)nc2oc(-c3cccc(C)c3)nc12. The molecule has 0 N–H and O–H groups in total. The van der Waals surface area contributed by atoms with Gasteiger partial charge in [0.25, 0.3) is 11.6 Å². The summed E-state index contributed by atoms with van der Waals surface area (Å²) in [5.41, 5.74) is 2.99. The van der Waals surface area contributed by atoms with Gasteiger partial charge in [-0.3, -0.25) is 0 Å². The normalized spacial score (nSPS) is 15.2. The van der Waals surface area contributed by atoms with Crippen LogP contribution in [0.15, 0.2) is 28.7 Å². The van der Waals surface area contributed by atoms with Crippen molar-refractivity contribution in [3.63, 3.8) is 0 Å². The van der Waals surface area contributed by atoms with Crippen LogP contribution >= 0.6 is 0 Å². The first-order valence-corrected chi connectivity index (χ1v) is 9.78. The Morgan fingerprint density at radius 1 is 1.11 bits per heavy atom. The van der Waals surface area contributed by atoms with Gasteiger partial charge in [0.05, 0.1) is 6.61 Å². The van der Waals surface area contributed by atoms with Crippen LogP contribution in [0, 0.1) is 6.92 Å². The Morgan fingerprint density at radius 2 is 1.96 bits per heavy atom. The average Bonchev–Trinajstić information content (AvgIpc) is 3.11. The summed E-state index contributed by atoms with van der Waals surface area (Å²) in [6, 6.07) is 8.34. The standard InChI is InChI=1S/C21H25N3O3/c1-3-12-25-19-17-20(24-21(23-19)26-16-10-5-4-6-11-16)27-18(22-17)15-9-7-8-14(2)13-15/h7-9,13,16H,3-6,10-12H2,1-2H3. The lowest BCUT2D eigenvalue weighted by Crippen LogP contribution is -2.20. The van der Waals surface area contributed by atoms with E-state index in [1.807, 2.05) is 31.2 Å². The molecule has 0 saturated heterocycles. The Kier molecular flexibility index (Phi) is 5.23. The molecule has 27 heavy (non-hydrogen) atoms. The summed E-state index contributed by atoms with van der Waals surface area (Å²) < 4.78 is 17.8. The van der Waals surface area contributed by atoms with Crippen molar-refractivity contribution >= 4 is 11.2 Å². The molecule has 0 unspecified atom stereocenters. The monoisotopic (exact) mass is 367 g/mol. The minimum Gasteiger partial charge on any atom is -0.476 e. The largest absolute Gasteiger partial charge is 0.476 e. The second kappa shape index (κ2) is 7.94. The molecule has 4 rings (SSSR count). The minimum absolute atomic E-state index is 0.161. The highest BCUT2D eigenvalue weighted by molar-refractivity contribution is 5.77. The number of hydrogen-bond donors (Lipinski definition) is 0. The number of rotatable bonds is 6. The second-order valence-electron chi connectivity index (χ2n) is 7.08. The molecule has 0 atom stereocenters. The lowest BCUT2D eigenvalue weighted by Gasteiger charge is -2.21. The van der Waals surface area contributed by atoms with E-state index in [0.29, 0.717) is 35.6 Å². The first kappa shape index (κ1) is 17.8. The van der Waals surface area contributed by atoms with Crippen molar-refractivity contribution in [1.29, 1.82) is 0 Å². The smallest absolute Gasteiger partial charge is 0.323 e. The highest BCUT2D eigenvalue weighted by Gasteiger charge is 2.21. The van der Waals surface area contributed by atoms with Gasteiger partial charge in [0.15, 0.2) is 5.52 Å². The van der Waals surface area contributed by atoms with Crippen molar-refractivity contribution in [2.45, 2.75) is 58.5 Å². The van der Waals surface area contributed by atoms with Gasteiger partial charge < -0.3 is 13.9 Å². The molecule has 0 spiro atoms. The van der Waals surface area contributed by atoms with E-state index in [1.54, 1.807) is 0 Å². The van der Waals surface area contributed by atoms with Crippen molar-refractivity contribution in [1.82, 2.24) is 15.0 Å². The van der Waals surface area contributed by atoms with E-state index in [2.05, 4.69) is 21.9 Å². The number of oxazole rings is 1. The summed E-state index contributed by atoms with van der Waals surface area (Å²) in [4.78, 5) is 13.5. The van der Waals surface area contributed by atoms with Gasteiger partial charge in [0, 0.05) is 5.56 Å². The third-order valence-electron chi connectivity index (χ3n) is 4.74. The molecule has 6 nitrogen and oxygen atoms in total. The number of ether oxygens (including phenoxy) is 2. The number of fused-ring (bicyclic) bond motifs is 1.